The van der Waals surface area contributed by atoms with Crippen LogP contribution in [0.15, 0.2) is 30.3 Å². The second-order valence-corrected chi connectivity index (χ2v) is 5.63. The third kappa shape index (κ3) is 2.28. The van der Waals surface area contributed by atoms with Gasteiger partial charge in [0, 0.05) is 24.4 Å². The Hall–Kier alpha value is -2.02. The van der Waals surface area contributed by atoms with Crippen molar-refractivity contribution in [2.24, 2.45) is 11.3 Å². The molecule has 0 bridgehead atoms. The lowest BCUT2D eigenvalue weighted by Gasteiger charge is -2.56. The van der Waals surface area contributed by atoms with E-state index in [2.05, 4.69) is 6.07 Å². The minimum absolute atomic E-state index is 0.197. The van der Waals surface area contributed by atoms with Crippen LogP contribution in [0.4, 0.5) is 4.79 Å². The normalized spacial score (nSPS) is 20.3. The van der Waals surface area contributed by atoms with Gasteiger partial charge < -0.3 is 9.64 Å². The first-order valence-corrected chi connectivity index (χ1v) is 6.56. The monoisotopic (exact) mass is 256 g/mol. The number of nitriles is 1. The SMILES string of the molecule is N#CC1CC2(C1)CN(C(=O)OCc1ccccc1)C2. The molecular formula is C15H16N2O2. The lowest BCUT2D eigenvalue weighted by Crippen LogP contribution is -2.63. The average molecular weight is 256 g/mol. The number of hydrogen-bond acceptors (Lipinski definition) is 3. The summed E-state index contributed by atoms with van der Waals surface area (Å²) < 4.78 is 5.27. The summed E-state index contributed by atoms with van der Waals surface area (Å²) in [5.74, 6) is 0.197. The molecule has 98 valence electrons. The summed E-state index contributed by atoms with van der Waals surface area (Å²) in [5, 5.41) is 8.77. The Morgan fingerprint density at radius 2 is 2.05 bits per heavy atom. The molecule has 1 amide bonds. The highest BCUT2D eigenvalue weighted by Gasteiger charge is 2.54. The molecular weight excluding hydrogens is 240 g/mol. The van der Waals surface area contributed by atoms with Crippen molar-refractivity contribution in [1.29, 1.82) is 5.26 Å². The van der Waals surface area contributed by atoms with Gasteiger partial charge in [0.25, 0.3) is 0 Å². The number of rotatable bonds is 2. The van der Waals surface area contributed by atoms with Crippen LogP contribution in [-0.4, -0.2) is 24.1 Å². The summed E-state index contributed by atoms with van der Waals surface area (Å²) in [6.07, 6.45) is 1.63. The first-order chi connectivity index (χ1) is 9.21. The van der Waals surface area contributed by atoms with Gasteiger partial charge in [0.05, 0.1) is 6.07 Å². The number of ether oxygens (including phenoxy) is 1. The average Bonchev–Trinajstić information content (AvgIpc) is 2.34. The van der Waals surface area contributed by atoms with Gasteiger partial charge in [-0.3, -0.25) is 0 Å². The van der Waals surface area contributed by atoms with E-state index in [1.54, 1.807) is 4.90 Å². The van der Waals surface area contributed by atoms with Crippen molar-refractivity contribution >= 4 is 6.09 Å². The Labute approximate surface area is 112 Å². The van der Waals surface area contributed by atoms with E-state index in [4.69, 9.17) is 10.00 Å². The van der Waals surface area contributed by atoms with Gasteiger partial charge in [0.2, 0.25) is 0 Å². The third-order valence-corrected chi connectivity index (χ3v) is 4.06. The molecule has 4 nitrogen and oxygen atoms in total. The van der Waals surface area contributed by atoms with Gasteiger partial charge in [-0.05, 0) is 18.4 Å². The van der Waals surface area contributed by atoms with Crippen LogP contribution < -0.4 is 0 Å². The molecule has 0 aromatic heterocycles. The van der Waals surface area contributed by atoms with Gasteiger partial charge in [0.1, 0.15) is 6.61 Å². The van der Waals surface area contributed by atoms with Crippen molar-refractivity contribution in [2.45, 2.75) is 19.4 Å². The molecule has 1 aliphatic carbocycles. The zero-order chi connectivity index (χ0) is 13.3. The van der Waals surface area contributed by atoms with Crippen LogP contribution in [0, 0.1) is 22.7 Å². The van der Waals surface area contributed by atoms with E-state index in [-0.39, 0.29) is 17.4 Å². The van der Waals surface area contributed by atoms with Crippen molar-refractivity contribution < 1.29 is 9.53 Å². The molecule has 3 rings (SSSR count). The largest absolute Gasteiger partial charge is 0.445 e. The van der Waals surface area contributed by atoms with Crippen molar-refractivity contribution in [3.63, 3.8) is 0 Å². The van der Waals surface area contributed by atoms with Crippen molar-refractivity contribution in [2.75, 3.05) is 13.1 Å². The zero-order valence-corrected chi connectivity index (χ0v) is 10.7. The molecule has 4 heteroatoms. The van der Waals surface area contributed by atoms with Gasteiger partial charge >= 0.3 is 6.09 Å². The summed E-state index contributed by atoms with van der Waals surface area (Å²) >= 11 is 0. The van der Waals surface area contributed by atoms with Gasteiger partial charge in [-0.25, -0.2) is 4.79 Å². The Morgan fingerprint density at radius 3 is 2.68 bits per heavy atom. The molecule has 1 saturated heterocycles. The molecule has 1 heterocycles. The van der Waals surface area contributed by atoms with Crippen LogP contribution >= 0.6 is 0 Å². The molecule has 19 heavy (non-hydrogen) atoms. The zero-order valence-electron chi connectivity index (χ0n) is 10.7. The molecule has 0 unspecified atom stereocenters. The lowest BCUT2D eigenvalue weighted by atomic mass is 9.58. The molecule has 0 atom stereocenters. The Bertz CT molecular complexity index is 507. The van der Waals surface area contributed by atoms with Crippen molar-refractivity contribution in [3.05, 3.63) is 35.9 Å². The maximum atomic E-state index is 11.8. The fourth-order valence-corrected chi connectivity index (χ4v) is 3.04. The minimum Gasteiger partial charge on any atom is -0.445 e. The lowest BCUT2D eigenvalue weighted by molar-refractivity contribution is -0.0719. The fraction of sp³-hybridized carbons (Fsp3) is 0.467. The predicted molar refractivity (Wildman–Crippen MR) is 69.0 cm³/mol. The van der Waals surface area contributed by atoms with E-state index in [1.807, 2.05) is 30.3 Å². The number of nitrogens with zero attached hydrogens (tertiary/aromatic N) is 2. The molecule has 1 spiro atoms. The second-order valence-electron chi connectivity index (χ2n) is 5.63. The third-order valence-electron chi connectivity index (χ3n) is 4.06. The summed E-state index contributed by atoms with van der Waals surface area (Å²) in [5.41, 5.74) is 1.23. The van der Waals surface area contributed by atoms with Crippen LogP contribution in [0.3, 0.4) is 0 Å². The van der Waals surface area contributed by atoms with E-state index in [0.29, 0.717) is 6.61 Å². The smallest absolute Gasteiger partial charge is 0.410 e. The van der Waals surface area contributed by atoms with E-state index < -0.39 is 0 Å². The summed E-state index contributed by atoms with van der Waals surface area (Å²) in [6, 6.07) is 12.0. The van der Waals surface area contributed by atoms with E-state index in [1.165, 1.54) is 0 Å². The first kappa shape index (κ1) is 12.0. The van der Waals surface area contributed by atoms with Crippen LogP contribution in [0.5, 0.6) is 0 Å². The molecule has 2 aliphatic rings. The van der Waals surface area contributed by atoms with Crippen molar-refractivity contribution in [3.8, 4) is 6.07 Å². The maximum Gasteiger partial charge on any atom is 0.410 e. The molecule has 1 aliphatic heterocycles. The molecule has 1 saturated carbocycles. The minimum atomic E-state index is -0.241. The Balaban J connectivity index is 1.43. The maximum absolute atomic E-state index is 11.8. The van der Waals surface area contributed by atoms with Crippen LogP contribution in [0.1, 0.15) is 18.4 Å². The summed E-state index contributed by atoms with van der Waals surface area (Å²) in [6.45, 7) is 1.82. The standard InChI is InChI=1S/C15H16N2O2/c16-8-13-6-15(7-13)10-17(11-15)14(18)19-9-12-4-2-1-3-5-12/h1-5,13H,6-7,9-11H2. The van der Waals surface area contributed by atoms with E-state index in [0.717, 1.165) is 31.5 Å². The number of hydrogen-bond donors (Lipinski definition) is 0. The van der Waals surface area contributed by atoms with Crippen molar-refractivity contribution in [1.82, 2.24) is 4.90 Å². The van der Waals surface area contributed by atoms with E-state index >= 15 is 0 Å². The summed E-state index contributed by atoms with van der Waals surface area (Å²) in [7, 11) is 0. The molecule has 0 radical (unpaired) electrons. The predicted octanol–water partition coefficient (Wildman–Crippen LogP) is 2.56. The molecule has 1 aromatic rings. The highest BCUT2D eigenvalue weighted by molar-refractivity contribution is 5.69. The number of carbonyl (C=O) groups is 1. The summed E-state index contributed by atoms with van der Waals surface area (Å²) in [4.78, 5) is 13.5. The molecule has 0 N–H and O–H groups in total. The molecule has 1 aromatic carbocycles. The number of benzene rings is 1. The second kappa shape index (κ2) is 4.58. The molecule has 2 fully saturated rings. The highest BCUT2D eigenvalue weighted by Crippen LogP contribution is 2.51. The van der Waals surface area contributed by atoms with E-state index in [9.17, 15) is 4.79 Å². The van der Waals surface area contributed by atoms with Crippen LogP contribution in [-0.2, 0) is 11.3 Å². The van der Waals surface area contributed by atoms with Gasteiger partial charge in [0.15, 0.2) is 0 Å². The van der Waals surface area contributed by atoms with Crippen LogP contribution in [0.2, 0.25) is 0 Å². The van der Waals surface area contributed by atoms with Gasteiger partial charge in [-0.2, -0.15) is 5.26 Å². The number of likely N-dealkylation sites (tertiary alicyclic amines) is 1. The van der Waals surface area contributed by atoms with Gasteiger partial charge in [-0.1, -0.05) is 30.3 Å². The number of amides is 1. The number of carbonyl (C=O) groups excluding carboxylic acids is 1. The Kier molecular flexibility index (Phi) is 2.90. The Morgan fingerprint density at radius 1 is 1.37 bits per heavy atom. The quantitative estimate of drug-likeness (QED) is 0.817. The highest BCUT2D eigenvalue weighted by atomic mass is 16.6. The van der Waals surface area contributed by atoms with Gasteiger partial charge in [-0.15, -0.1) is 0 Å². The topological polar surface area (TPSA) is 53.3 Å². The fourth-order valence-electron chi connectivity index (χ4n) is 3.04. The van der Waals surface area contributed by atoms with Crippen LogP contribution in [0.25, 0.3) is 0 Å². The first-order valence-electron chi connectivity index (χ1n) is 6.56.